The SMILES string of the molecule is O=C(C[C@H]1CC[C@@H]2[C@H](COC[C@@H](O)CN2Cc2cccc(C(F)(F)F)c2)O1)NCCc1ccccc1. The molecule has 0 spiro atoms. The third-order valence-corrected chi connectivity index (χ3v) is 6.72. The van der Waals surface area contributed by atoms with Gasteiger partial charge in [-0.3, -0.25) is 9.69 Å². The minimum Gasteiger partial charge on any atom is -0.389 e. The van der Waals surface area contributed by atoms with E-state index in [1.807, 2.05) is 35.2 Å². The van der Waals surface area contributed by atoms with Gasteiger partial charge in [0.05, 0.1) is 43.5 Å². The van der Waals surface area contributed by atoms with Crippen LogP contribution in [0.3, 0.4) is 0 Å². The molecule has 0 radical (unpaired) electrons. The molecule has 2 fully saturated rings. The lowest BCUT2D eigenvalue weighted by molar-refractivity contribution is -0.158. The van der Waals surface area contributed by atoms with Crippen LogP contribution in [0, 0.1) is 0 Å². The van der Waals surface area contributed by atoms with Crippen molar-refractivity contribution in [3.05, 3.63) is 71.3 Å². The van der Waals surface area contributed by atoms with Crippen molar-refractivity contribution in [2.75, 3.05) is 26.3 Å². The molecule has 0 bridgehead atoms. The fourth-order valence-corrected chi connectivity index (χ4v) is 4.98. The number of benzene rings is 2. The second kappa shape index (κ2) is 12.2. The van der Waals surface area contributed by atoms with E-state index in [1.54, 1.807) is 6.07 Å². The van der Waals surface area contributed by atoms with Crippen molar-refractivity contribution in [3.8, 4) is 0 Å². The molecule has 4 atom stereocenters. The number of carbonyl (C=O) groups excluding carboxylic acids is 1. The summed E-state index contributed by atoms with van der Waals surface area (Å²) in [6, 6.07) is 15.1. The zero-order valence-electron chi connectivity index (χ0n) is 20.1. The fraction of sp³-hybridized carbons (Fsp3) is 0.519. The van der Waals surface area contributed by atoms with Crippen molar-refractivity contribution in [1.29, 1.82) is 0 Å². The van der Waals surface area contributed by atoms with Crippen LogP contribution in [-0.2, 0) is 33.4 Å². The summed E-state index contributed by atoms with van der Waals surface area (Å²) in [7, 11) is 0. The normalized spacial score (nSPS) is 25.4. The van der Waals surface area contributed by atoms with E-state index < -0.39 is 17.8 Å². The van der Waals surface area contributed by atoms with Crippen LogP contribution >= 0.6 is 0 Å². The number of nitrogens with zero attached hydrogens (tertiary/aromatic N) is 1. The van der Waals surface area contributed by atoms with Crippen LogP contribution in [-0.4, -0.2) is 66.6 Å². The quantitative estimate of drug-likeness (QED) is 0.601. The van der Waals surface area contributed by atoms with Crippen LogP contribution < -0.4 is 5.32 Å². The fourth-order valence-electron chi connectivity index (χ4n) is 4.98. The molecular weight excluding hydrogens is 473 g/mol. The first-order valence-corrected chi connectivity index (χ1v) is 12.4. The number of ether oxygens (including phenoxy) is 2. The molecular formula is C27H33F3N2O4. The highest BCUT2D eigenvalue weighted by Gasteiger charge is 2.38. The highest BCUT2D eigenvalue weighted by atomic mass is 19.4. The molecule has 36 heavy (non-hydrogen) atoms. The van der Waals surface area contributed by atoms with Crippen molar-refractivity contribution in [3.63, 3.8) is 0 Å². The predicted octanol–water partition coefficient (Wildman–Crippen LogP) is 3.56. The number of rotatable bonds is 7. The van der Waals surface area contributed by atoms with E-state index in [0.29, 0.717) is 24.9 Å². The van der Waals surface area contributed by atoms with E-state index in [1.165, 1.54) is 6.07 Å². The van der Waals surface area contributed by atoms with Gasteiger partial charge in [-0.25, -0.2) is 0 Å². The molecule has 2 aromatic carbocycles. The van der Waals surface area contributed by atoms with Gasteiger partial charge < -0.3 is 19.9 Å². The van der Waals surface area contributed by atoms with Crippen LogP contribution in [0.5, 0.6) is 0 Å². The molecule has 2 heterocycles. The maximum absolute atomic E-state index is 13.2. The minimum atomic E-state index is -4.41. The number of halogens is 3. The maximum atomic E-state index is 13.2. The number of hydrogen-bond acceptors (Lipinski definition) is 5. The summed E-state index contributed by atoms with van der Waals surface area (Å²) in [6.07, 6.45) is -3.41. The molecule has 6 nitrogen and oxygen atoms in total. The summed E-state index contributed by atoms with van der Waals surface area (Å²) < 4.78 is 51.4. The third kappa shape index (κ3) is 7.52. The Morgan fingerprint density at radius 2 is 1.83 bits per heavy atom. The summed E-state index contributed by atoms with van der Waals surface area (Å²) in [5.74, 6) is -0.0719. The summed E-state index contributed by atoms with van der Waals surface area (Å²) in [5, 5.41) is 13.3. The third-order valence-electron chi connectivity index (χ3n) is 6.72. The minimum absolute atomic E-state index is 0.0719. The number of carbonyl (C=O) groups is 1. The van der Waals surface area contributed by atoms with Gasteiger partial charge in [0.15, 0.2) is 0 Å². The number of nitrogens with one attached hydrogen (secondary N) is 1. The van der Waals surface area contributed by atoms with Gasteiger partial charge in [0.25, 0.3) is 0 Å². The molecule has 196 valence electrons. The van der Waals surface area contributed by atoms with Crippen molar-refractivity contribution in [2.45, 2.75) is 62.8 Å². The standard InChI is InChI=1S/C27H33F3N2O4/c28-27(29,30)21-8-4-7-20(13-21)15-32-16-22(33)17-35-18-25-24(32)10-9-23(36-25)14-26(34)31-12-11-19-5-2-1-3-6-19/h1-8,13,22-25,33H,9-12,14-18H2,(H,31,34)/t22-,23+,24+,25-/m0/s1. The zero-order chi connectivity index (χ0) is 25.5. The first-order valence-electron chi connectivity index (χ1n) is 12.4. The van der Waals surface area contributed by atoms with E-state index in [-0.39, 0.29) is 56.9 Å². The largest absolute Gasteiger partial charge is 0.416 e. The molecule has 9 heteroatoms. The van der Waals surface area contributed by atoms with Gasteiger partial charge in [-0.05, 0) is 36.5 Å². The van der Waals surface area contributed by atoms with E-state index in [9.17, 15) is 23.1 Å². The molecule has 2 aliphatic rings. The lowest BCUT2D eigenvalue weighted by Crippen LogP contribution is -2.55. The summed E-state index contributed by atoms with van der Waals surface area (Å²) >= 11 is 0. The Balaban J connectivity index is 1.34. The van der Waals surface area contributed by atoms with Gasteiger partial charge in [0.1, 0.15) is 0 Å². The molecule has 4 rings (SSSR count). The Hall–Kier alpha value is -2.46. The number of aliphatic hydroxyl groups is 1. The number of hydrogen-bond donors (Lipinski definition) is 2. The molecule has 0 saturated carbocycles. The van der Waals surface area contributed by atoms with Gasteiger partial charge in [0.2, 0.25) is 5.91 Å². The molecule has 0 unspecified atom stereocenters. The average molecular weight is 507 g/mol. The summed E-state index contributed by atoms with van der Waals surface area (Å²) in [5.41, 5.74) is 0.993. The van der Waals surface area contributed by atoms with Crippen molar-refractivity contribution in [2.24, 2.45) is 0 Å². The number of fused-ring (bicyclic) bond motifs is 1. The monoisotopic (exact) mass is 506 g/mol. The van der Waals surface area contributed by atoms with Crippen LogP contribution in [0.25, 0.3) is 0 Å². The van der Waals surface area contributed by atoms with Crippen LogP contribution in [0.2, 0.25) is 0 Å². The smallest absolute Gasteiger partial charge is 0.389 e. The van der Waals surface area contributed by atoms with Gasteiger partial charge in [0, 0.05) is 25.7 Å². The van der Waals surface area contributed by atoms with E-state index >= 15 is 0 Å². The van der Waals surface area contributed by atoms with Gasteiger partial charge in [-0.15, -0.1) is 0 Å². The van der Waals surface area contributed by atoms with Crippen molar-refractivity contribution in [1.82, 2.24) is 10.2 Å². The number of amides is 1. The summed E-state index contributed by atoms with van der Waals surface area (Å²) in [4.78, 5) is 14.5. The van der Waals surface area contributed by atoms with Gasteiger partial charge in [-0.2, -0.15) is 13.2 Å². The molecule has 2 N–H and O–H groups in total. The number of aliphatic hydroxyl groups excluding tert-OH is 1. The molecule has 2 aromatic rings. The van der Waals surface area contributed by atoms with Crippen LogP contribution in [0.1, 0.15) is 36.0 Å². The zero-order valence-corrected chi connectivity index (χ0v) is 20.1. The first kappa shape index (κ1) is 26.6. The molecule has 1 amide bonds. The lowest BCUT2D eigenvalue weighted by Gasteiger charge is -2.44. The van der Waals surface area contributed by atoms with Gasteiger partial charge >= 0.3 is 6.18 Å². The topological polar surface area (TPSA) is 71.0 Å². The predicted molar refractivity (Wildman–Crippen MR) is 128 cm³/mol. The second-order valence-corrected chi connectivity index (χ2v) is 9.55. The molecule has 0 aromatic heterocycles. The molecule has 2 saturated heterocycles. The first-order chi connectivity index (χ1) is 17.3. The Bertz CT molecular complexity index is 988. The van der Waals surface area contributed by atoms with E-state index in [0.717, 1.165) is 24.1 Å². The van der Waals surface area contributed by atoms with E-state index in [2.05, 4.69) is 5.32 Å². The molecule has 0 aliphatic carbocycles. The lowest BCUT2D eigenvalue weighted by atomic mass is 9.94. The number of alkyl halides is 3. The average Bonchev–Trinajstić information content (AvgIpc) is 2.83. The number of β-amino-alcohol motifs (C(OH)–C–C–N with tert-alkyl or cyclic N) is 1. The van der Waals surface area contributed by atoms with Crippen LogP contribution in [0.15, 0.2) is 54.6 Å². The van der Waals surface area contributed by atoms with Crippen LogP contribution in [0.4, 0.5) is 13.2 Å². The molecule has 2 aliphatic heterocycles. The van der Waals surface area contributed by atoms with E-state index in [4.69, 9.17) is 9.47 Å². The Kier molecular flexibility index (Phi) is 9.00. The maximum Gasteiger partial charge on any atom is 0.416 e. The Morgan fingerprint density at radius 3 is 2.61 bits per heavy atom. The Morgan fingerprint density at radius 1 is 1.06 bits per heavy atom. The summed E-state index contributed by atoms with van der Waals surface area (Å²) in [6.45, 7) is 1.46. The second-order valence-electron chi connectivity index (χ2n) is 9.55. The Labute approximate surface area is 209 Å². The van der Waals surface area contributed by atoms with Crippen molar-refractivity contribution < 1.29 is 32.5 Å². The highest BCUT2D eigenvalue weighted by molar-refractivity contribution is 5.76. The van der Waals surface area contributed by atoms with Crippen molar-refractivity contribution >= 4 is 5.91 Å². The van der Waals surface area contributed by atoms with Gasteiger partial charge in [-0.1, -0.05) is 48.5 Å². The highest BCUT2D eigenvalue weighted by Crippen LogP contribution is 2.32.